The van der Waals surface area contributed by atoms with Crippen molar-refractivity contribution in [3.63, 3.8) is 0 Å². The minimum absolute atomic E-state index is 0.158. The third kappa shape index (κ3) is 3.68. The van der Waals surface area contributed by atoms with Gasteiger partial charge in [-0.3, -0.25) is 23.8 Å². The average molecular weight is 500 g/mol. The summed E-state index contributed by atoms with van der Waals surface area (Å²) in [7, 11) is 3.64. The summed E-state index contributed by atoms with van der Waals surface area (Å²) >= 11 is 0. The Hall–Kier alpha value is -5.03. The van der Waals surface area contributed by atoms with Crippen LogP contribution in [0.2, 0.25) is 0 Å². The Kier molecular flexibility index (Phi) is 5.24. The second-order valence-corrected chi connectivity index (χ2v) is 10.0. The number of benzene rings is 2. The number of nitrogens with zero attached hydrogens (tertiary/aromatic N) is 7. The zero-order valence-electron chi connectivity index (χ0n) is 21.5. The van der Waals surface area contributed by atoms with E-state index in [2.05, 4.69) is 27.2 Å². The molecule has 8 nitrogen and oxygen atoms in total. The van der Waals surface area contributed by atoms with Gasteiger partial charge in [-0.2, -0.15) is 10.4 Å². The standard InChI is InChI=1S/C30H25N7O/c1-30(2,18-31)22-7-9-23(10-8-22)37-28-24-13-19(5-12-26(24)33-16-27(28)36(4)29(37)38)20-6-11-25(32-14-20)21-15-34-35(3)17-21/h5-17H,1-4H3. The van der Waals surface area contributed by atoms with E-state index in [9.17, 15) is 10.1 Å². The first-order chi connectivity index (χ1) is 18.3. The van der Waals surface area contributed by atoms with Crippen molar-refractivity contribution in [3.8, 4) is 34.1 Å². The van der Waals surface area contributed by atoms with Gasteiger partial charge in [0.1, 0.15) is 0 Å². The van der Waals surface area contributed by atoms with Crippen molar-refractivity contribution in [2.24, 2.45) is 14.1 Å². The quantitative estimate of drug-likeness (QED) is 0.335. The molecule has 8 heteroatoms. The van der Waals surface area contributed by atoms with Crippen LogP contribution in [0.4, 0.5) is 0 Å². The number of aryl methyl sites for hydroxylation is 2. The van der Waals surface area contributed by atoms with Gasteiger partial charge in [0.15, 0.2) is 0 Å². The summed E-state index contributed by atoms with van der Waals surface area (Å²) in [6.45, 7) is 3.76. The molecule has 0 radical (unpaired) electrons. The zero-order valence-corrected chi connectivity index (χ0v) is 21.5. The molecule has 0 aliphatic rings. The summed E-state index contributed by atoms with van der Waals surface area (Å²) < 4.78 is 5.09. The molecule has 2 aromatic carbocycles. The number of hydrogen-bond donors (Lipinski definition) is 0. The van der Waals surface area contributed by atoms with E-state index in [0.717, 1.165) is 55.6 Å². The summed E-state index contributed by atoms with van der Waals surface area (Å²) in [5.74, 6) is 0. The zero-order chi connectivity index (χ0) is 26.6. The first-order valence-electron chi connectivity index (χ1n) is 12.2. The highest BCUT2D eigenvalue weighted by Crippen LogP contribution is 2.31. The summed E-state index contributed by atoms with van der Waals surface area (Å²) in [4.78, 5) is 22.7. The van der Waals surface area contributed by atoms with Gasteiger partial charge in [-0.15, -0.1) is 0 Å². The molecule has 0 bridgehead atoms. The van der Waals surface area contributed by atoms with Crippen molar-refractivity contribution in [2.45, 2.75) is 19.3 Å². The van der Waals surface area contributed by atoms with Crippen LogP contribution in [0.25, 0.3) is 50.0 Å². The van der Waals surface area contributed by atoms with Crippen LogP contribution in [-0.4, -0.2) is 28.9 Å². The summed E-state index contributed by atoms with van der Waals surface area (Å²) in [6.07, 6.45) is 7.32. The Morgan fingerprint density at radius 3 is 2.29 bits per heavy atom. The minimum Gasteiger partial charge on any atom is -0.293 e. The molecule has 4 heterocycles. The molecule has 0 unspecified atom stereocenters. The summed E-state index contributed by atoms with van der Waals surface area (Å²) in [5.41, 5.74) is 6.93. The number of rotatable bonds is 4. The Balaban J connectivity index is 1.51. The van der Waals surface area contributed by atoms with Gasteiger partial charge in [-0.1, -0.05) is 24.3 Å². The molecule has 0 aliphatic carbocycles. The molecular weight excluding hydrogens is 474 g/mol. The molecule has 38 heavy (non-hydrogen) atoms. The second-order valence-electron chi connectivity index (χ2n) is 10.0. The Bertz CT molecular complexity index is 1930. The van der Waals surface area contributed by atoms with E-state index in [1.54, 1.807) is 33.3 Å². The predicted octanol–water partition coefficient (Wildman–Crippen LogP) is 5.14. The molecule has 0 amide bonds. The molecule has 0 fully saturated rings. The molecule has 4 aromatic heterocycles. The fraction of sp³-hybridized carbons (Fsp3) is 0.167. The number of hydrogen-bond acceptors (Lipinski definition) is 5. The van der Waals surface area contributed by atoms with Crippen LogP contribution in [0.15, 0.2) is 84.2 Å². The van der Waals surface area contributed by atoms with Gasteiger partial charge in [0.2, 0.25) is 0 Å². The molecule has 0 N–H and O–H groups in total. The Morgan fingerprint density at radius 1 is 0.868 bits per heavy atom. The fourth-order valence-electron chi connectivity index (χ4n) is 4.80. The topological polar surface area (TPSA) is 94.3 Å². The maximum Gasteiger partial charge on any atom is 0.333 e. The van der Waals surface area contributed by atoms with E-state index in [0.29, 0.717) is 0 Å². The lowest BCUT2D eigenvalue weighted by Crippen LogP contribution is -2.21. The molecule has 0 spiro atoms. The average Bonchev–Trinajstić information content (AvgIpc) is 3.49. The first-order valence-corrected chi connectivity index (χ1v) is 12.2. The molecular formula is C30H25N7O. The van der Waals surface area contributed by atoms with E-state index >= 15 is 0 Å². The highest BCUT2D eigenvalue weighted by Gasteiger charge is 2.21. The maximum atomic E-state index is 13.4. The number of fused-ring (bicyclic) bond motifs is 3. The lowest BCUT2D eigenvalue weighted by Gasteiger charge is -2.16. The molecule has 0 saturated carbocycles. The van der Waals surface area contributed by atoms with Gasteiger partial charge < -0.3 is 0 Å². The van der Waals surface area contributed by atoms with E-state index in [1.165, 1.54) is 0 Å². The lowest BCUT2D eigenvalue weighted by atomic mass is 9.86. The van der Waals surface area contributed by atoms with Gasteiger partial charge >= 0.3 is 5.69 Å². The molecule has 6 aromatic rings. The number of aromatic nitrogens is 6. The van der Waals surface area contributed by atoms with Crippen LogP contribution in [0.5, 0.6) is 0 Å². The first kappa shape index (κ1) is 23.4. The molecule has 0 aliphatic heterocycles. The monoisotopic (exact) mass is 499 g/mol. The predicted molar refractivity (Wildman–Crippen MR) is 148 cm³/mol. The second kappa shape index (κ2) is 8.53. The van der Waals surface area contributed by atoms with E-state index in [4.69, 9.17) is 0 Å². The number of nitriles is 1. The van der Waals surface area contributed by atoms with Crippen LogP contribution in [0.1, 0.15) is 19.4 Å². The van der Waals surface area contributed by atoms with Crippen molar-refractivity contribution in [1.29, 1.82) is 5.26 Å². The van der Waals surface area contributed by atoms with Gasteiger partial charge in [-0.05, 0) is 55.3 Å². The van der Waals surface area contributed by atoms with Crippen molar-refractivity contribution < 1.29 is 0 Å². The van der Waals surface area contributed by atoms with Gasteiger partial charge in [0, 0.05) is 43.0 Å². The lowest BCUT2D eigenvalue weighted by molar-refractivity contribution is 0.686. The highest BCUT2D eigenvalue weighted by atomic mass is 16.1. The Morgan fingerprint density at radius 2 is 1.63 bits per heavy atom. The largest absolute Gasteiger partial charge is 0.333 e. The SMILES string of the molecule is Cn1cc(-c2ccc(-c3ccc4ncc5c(c4c3)n(-c3ccc(C(C)(C)C#N)cc3)c(=O)n5C)cn2)cn1. The number of pyridine rings is 2. The third-order valence-electron chi connectivity index (χ3n) is 7.11. The minimum atomic E-state index is -0.617. The smallest absolute Gasteiger partial charge is 0.293 e. The van der Waals surface area contributed by atoms with Gasteiger partial charge in [0.25, 0.3) is 0 Å². The Labute approximate surface area is 219 Å². The van der Waals surface area contributed by atoms with Crippen LogP contribution < -0.4 is 5.69 Å². The van der Waals surface area contributed by atoms with E-state index < -0.39 is 5.41 Å². The van der Waals surface area contributed by atoms with Crippen molar-refractivity contribution in [2.75, 3.05) is 0 Å². The summed E-state index contributed by atoms with van der Waals surface area (Å²) in [5, 5.41) is 14.6. The van der Waals surface area contributed by atoms with Crippen LogP contribution in [-0.2, 0) is 19.5 Å². The third-order valence-corrected chi connectivity index (χ3v) is 7.11. The molecule has 6 rings (SSSR count). The van der Waals surface area contributed by atoms with E-state index in [-0.39, 0.29) is 5.69 Å². The van der Waals surface area contributed by atoms with Crippen molar-refractivity contribution in [1.82, 2.24) is 28.9 Å². The van der Waals surface area contributed by atoms with E-state index in [1.807, 2.05) is 81.8 Å². The molecule has 0 atom stereocenters. The number of imidazole rings is 1. The van der Waals surface area contributed by atoms with Crippen LogP contribution in [0, 0.1) is 11.3 Å². The van der Waals surface area contributed by atoms with Crippen molar-refractivity contribution >= 4 is 21.9 Å². The van der Waals surface area contributed by atoms with Gasteiger partial charge in [-0.25, -0.2) is 4.79 Å². The normalized spacial score (nSPS) is 11.8. The summed E-state index contributed by atoms with van der Waals surface area (Å²) in [6, 6.07) is 20.0. The highest BCUT2D eigenvalue weighted by molar-refractivity contribution is 6.04. The maximum absolute atomic E-state index is 13.4. The van der Waals surface area contributed by atoms with Crippen LogP contribution >= 0.6 is 0 Å². The van der Waals surface area contributed by atoms with Crippen molar-refractivity contribution in [3.05, 3.63) is 95.4 Å². The van der Waals surface area contributed by atoms with Crippen LogP contribution in [0.3, 0.4) is 0 Å². The molecule has 186 valence electrons. The van der Waals surface area contributed by atoms with Gasteiger partial charge in [0.05, 0.1) is 51.8 Å². The fourth-order valence-corrected chi connectivity index (χ4v) is 4.80. The molecule has 0 saturated heterocycles.